The van der Waals surface area contributed by atoms with Crippen molar-refractivity contribution in [3.8, 4) is 0 Å². The Balaban J connectivity index is 2.08. The highest BCUT2D eigenvalue weighted by Crippen LogP contribution is 2.50. The summed E-state index contributed by atoms with van der Waals surface area (Å²) in [5.41, 5.74) is 3.12. The van der Waals surface area contributed by atoms with Gasteiger partial charge in [0.25, 0.3) is 0 Å². The lowest BCUT2D eigenvalue weighted by Gasteiger charge is -2.22. The number of nitrogens with zero attached hydrogens (tertiary/aromatic N) is 1. The fourth-order valence-electron chi connectivity index (χ4n) is 3.45. The van der Waals surface area contributed by atoms with E-state index in [9.17, 15) is 14.8 Å². The first-order valence-electron chi connectivity index (χ1n) is 7.06. The Hall–Kier alpha value is -2.15. The second-order valence-electron chi connectivity index (χ2n) is 6.55. The minimum absolute atomic E-state index is 0.260. The fraction of sp³-hybridized carbons (Fsp3) is 0.533. The van der Waals surface area contributed by atoms with Gasteiger partial charge < -0.3 is 9.84 Å². The molecule has 0 aromatic heterocycles. The zero-order valence-corrected chi connectivity index (χ0v) is 12.6. The third-order valence-corrected chi connectivity index (χ3v) is 4.50. The predicted octanol–water partition coefficient (Wildman–Crippen LogP) is 1.92. The van der Waals surface area contributed by atoms with Crippen molar-refractivity contribution in [2.75, 3.05) is 6.61 Å². The zero-order chi connectivity index (χ0) is 16.2. The first-order chi connectivity index (χ1) is 10.2. The molecule has 0 saturated heterocycles. The number of rotatable bonds is 3. The summed E-state index contributed by atoms with van der Waals surface area (Å²) in [5.74, 6) is -0.483. The van der Waals surface area contributed by atoms with Gasteiger partial charge in [-0.1, -0.05) is 19.9 Å². The number of aliphatic hydroxyl groups excluding tert-OH is 1. The molecule has 7 nitrogen and oxygen atoms in total. The van der Waals surface area contributed by atoms with E-state index >= 15 is 0 Å². The van der Waals surface area contributed by atoms with E-state index in [4.69, 9.17) is 9.94 Å². The van der Waals surface area contributed by atoms with E-state index in [1.54, 1.807) is 0 Å². The molecule has 2 aliphatic rings. The van der Waals surface area contributed by atoms with E-state index in [1.807, 2.05) is 26.8 Å². The number of fused-ring (bicyclic) bond motifs is 3. The summed E-state index contributed by atoms with van der Waals surface area (Å²) >= 11 is 0. The third-order valence-electron chi connectivity index (χ3n) is 4.50. The normalized spacial score (nSPS) is 24.6. The minimum atomic E-state index is -0.739. The van der Waals surface area contributed by atoms with Gasteiger partial charge in [-0.2, -0.15) is 4.84 Å². The lowest BCUT2D eigenvalue weighted by molar-refractivity contribution is -0.976. The molecule has 3 rings (SSSR count). The van der Waals surface area contributed by atoms with Gasteiger partial charge in [-0.05, 0) is 35.4 Å². The molecule has 2 N–H and O–H groups in total. The van der Waals surface area contributed by atoms with Crippen molar-refractivity contribution in [2.45, 2.75) is 39.4 Å². The van der Waals surface area contributed by atoms with Crippen LogP contribution < -0.4 is 0 Å². The van der Waals surface area contributed by atoms with Gasteiger partial charge in [0.1, 0.15) is 4.91 Å². The number of cyclic esters (lactones) is 1. The van der Waals surface area contributed by atoms with Gasteiger partial charge >= 0.3 is 11.1 Å². The molecular formula is C15H18NO6+. The van der Waals surface area contributed by atoms with Gasteiger partial charge in [-0.25, -0.2) is 10.0 Å². The number of benzene rings is 1. The molecule has 2 atom stereocenters. The zero-order valence-electron chi connectivity index (χ0n) is 12.6. The molecule has 1 aliphatic heterocycles. The third kappa shape index (κ3) is 2.04. The molecule has 1 aromatic rings. The summed E-state index contributed by atoms with van der Waals surface area (Å²) in [6, 6.07) is 1.86. The molecule has 0 spiro atoms. The largest absolute Gasteiger partial charge is 0.475 e. The van der Waals surface area contributed by atoms with Gasteiger partial charge in [-0.3, -0.25) is 0 Å². The molecule has 118 valence electrons. The number of carbonyl (C=O) groups is 1. The monoisotopic (exact) mass is 308 g/mol. The molecule has 1 heterocycles. The van der Waals surface area contributed by atoms with Crippen molar-refractivity contribution in [1.29, 1.82) is 0 Å². The standard InChI is InChI=1S/C15H18NO6/c1-7-4-8-9(5-15(2,3)13(8)17)12-11(7)10(22-14(12)18)6-21-16(19)20/h4,10,13,17H,5-6H2,1-3H3,(H,19,20)/q+1/t10-,13-/m1/s1. The van der Waals surface area contributed by atoms with E-state index in [2.05, 4.69) is 4.84 Å². The van der Waals surface area contributed by atoms with Crippen molar-refractivity contribution in [3.05, 3.63) is 38.8 Å². The van der Waals surface area contributed by atoms with Crippen LogP contribution in [-0.2, 0) is 16.0 Å². The maximum atomic E-state index is 12.2. The number of esters is 1. The van der Waals surface area contributed by atoms with Crippen LogP contribution in [0.25, 0.3) is 0 Å². The smallest absolute Gasteiger partial charge is 0.450 e. The Morgan fingerprint density at radius 2 is 2.18 bits per heavy atom. The molecule has 0 radical (unpaired) electrons. The minimum Gasteiger partial charge on any atom is -0.450 e. The van der Waals surface area contributed by atoms with Gasteiger partial charge in [-0.15, -0.1) is 0 Å². The Morgan fingerprint density at radius 1 is 1.50 bits per heavy atom. The summed E-state index contributed by atoms with van der Waals surface area (Å²) in [6.07, 6.45) is -0.802. The van der Waals surface area contributed by atoms with Crippen molar-refractivity contribution in [1.82, 2.24) is 0 Å². The Bertz CT molecular complexity index is 681. The Morgan fingerprint density at radius 3 is 2.82 bits per heavy atom. The highest BCUT2D eigenvalue weighted by molar-refractivity contribution is 5.97. The SMILES string of the molecule is Cc1cc2c(c3c1[C@@H](CO[N+](=O)O)OC3=O)CC(C)(C)[C@@H]2O. The molecular weight excluding hydrogens is 290 g/mol. The highest BCUT2D eigenvalue weighted by atomic mass is 17.0. The van der Waals surface area contributed by atoms with E-state index in [0.717, 1.165) is 16.7 Å². The molecule has 0 fully saturated rings. The Kier molecular flexibility index (Phi) is 3.14. The van der Waals surface area contributed by atoms with Crippen LogP contribution in [-0.4, -0.2) is 28.0 Å². The van der Waals surface area contributed by atoms with Crippen molar-refractivity contribution >= 4 is 5.97 Å². The second kappa shape index (κ2) is 4.67. The summed E-state index contributed by atoms with van der Waals surface area (Å²) in [7, 11) is 0. The average Bonchev–Trinajstić information content (AvgIpc) is 2.86. The summed E-state index contributed by atoms with van der Waals surface area (Å²) < 4.78 is 5.27. The van der Waals surface area contributed by atoms with Crippen LogP contribution in [0.2, 0.25) is 0 Å². The Labute approximate surface area is 126 Å². The molecule has 0 saturated carbocycles. The van der Waals surface area contributed by atoms with Crippen molar-refractivity contribution in [3.63, 3.8) is 0 Å². The first kappa shape index (κ1) is 14.8. The summed E-state index contributed by atoms with van der Waals surface area (Å²) in [4.78, 5) is 27.2. The van der Waals surface area contributed by atoms with Crippen LogP contribution >= 0.6 is 0 Å². The number of aliphatic hydroxyl groups is 1. The van der Waals surface area contributed by atoms with Crippen LogP contribution in [0.3, 0.4) is 0 Å². The lowest BCUT2D eigenvalue weighted by atomic mass is 9.87. The van der Waals surface area contributed by atoms with Gasteiger partial charge in [0, 0.05) is 5.56 Å². The number of aryl methyl sites for hydroxylation is 1. The van der Waals surface area contributed by atoms with Gasteiger partial charge in [0.15, 0.2) is 6.10 Å². The average molecular weight is 308 g/mol. The number of ether oxygens (including phenoxy) is 1. The van der Waals surface area contributed by atoms with Gasteiger partial charge in [0.05, 0.1) is 11.7 Å². The summed E-state index contributed by atoms with van der Waals surface area (Å²) in [5, 5.41) is 18.3. The molecule has 0 unspecified atom stereocenters. The van der Waals surface area contributed by atoms with Crippen LogP contribution in [0.5, 0.6) is 0 Å². The van der Waals surface area contributed by atoms with E-state index < -0.39 is 23.3 Å². The maximum Gasteiger partial charge on any atom is 0.475 e. The number of hydrogen-bond acceptors (Lipinski definition) is 5. The van der Waals surface area contributed by atoms with Crippen molar-refractivity contribution in [2.24, 2.45) is 5.41 Å². The van der Waals surface area contributed by atoms with E-state index in [1.165, 1.54) is 0 Å². The molecule has 0 bridgehead atoms. The maximum absolute atomic E-state index is 12.2. The summed E-state index contributed by atoms with van der Waals surface area (Å²) in [6.45, 7) is 5.45. The lowest BCUT2D eigenvalue weighted by Crippen LogP contribution is -2.17. The van der Waals surface area contributed by atoms with Crippen LogP contribution in [0.4, 0.5) is 0 Å². The van der Waals surface area contributed by atoms with Crippen LogP contribution in [0, 0.1) is 17.2 Å². The molecule has 0 amide bonds. The first-order valence-corrected chi connectivity index (χ1v) is 7.06. The van der Waals surface area contributed by atoms with Crippen LogP contribution in [0.1, 0.15) is 58.7 Å². The van der Waals surface area contributed by atoms with Crippen LogP contribution in [0.15, 0.2) is 6.07 Å². The number of hydrogen-bond donors (Lipinski definition) is 2. The van der Waals surface area contributed by atoms with Crippen molar-refractivity contribution < 1.29 is 29.8 Å². The van der Waals surface area contributed by atoms with Gasteiger partial charge in [0.2, 0.25) is 6.61 Å². The molecule has 1 aliphatic carbocycles. The fourth-order valence-corrected chi connectivity index (χ4v) is 3.45. The highest BCUT2D eigenvalue weighted by Gasteiger charge is 2.45. The van der Waals surface area contributed by atoms with E-state index in [0.29, 0.717) is 17.5 Å². The number of carbonyl (C=O) groups excluding carboxylic acids is 1. The molecule has 7 heteroatoms. The quantitative estimate of drug-likeness (QED) is 0.654. The topological polar surface area (TPSA) is 96.1 Å². The second-order valence-corrected chi connectivity index (χ2v) is 6.55. The predicted molar refractivity (Wildman–Crippen MR) is 73.1 cm³/mol. The molecule has 22 heavy (non-hydrogen) atoms. The van der Waals surface area contributed by atoms with E-state index in [-0.39, 0.29) is 12.0 Å². The molecule has 1 aromatic carbocycles.